The highest BCUT2D eigenvalue weighted by Crippen LogP contribution is 2.19. The monoisotopic (exact) mass is 504 g/mol. The van der Waals surface area contributed by atoms with Gasteiger partial charge in [0.1, 0.15) is 0 Å². The molecule has 1 aromatic carbocycles. The van der Waals surface area contributed by atoms with Gasteiger partial charge in [0.25, 0.3) is 0 Å². The number of anilines is 3. The molecule has 3 aromatic rings. The van der Waals surface area contributed by atoms with Crippen molar-refractivity contribution in [2.45, 2.75) is 13.1 Å². The highest BCUT2D eigenvalue weighted by atomic mass is 19.1. The van der Waals surface area contributed by atoms with Crippen molar-refractivity contribution in [3.63, 3.8) is 0 Å². The van der Waals surface area contributed by atoms with Crippen LogP contribution in [0, 0.1) is 5.82 Å². The molecule has 0 atom stereocenters. The minimum Gasteiger partial charge on any atom is -0.378 e. The number of aromatic nitrogens is 3. The molecule has 2 aliphatic rings. The molecule has 2 saturated heterocycles. The number of piperazine rings is 1. The zero-order valence-electron chi connectivity index (χ0n) is 21.2. The summed E-state index contributed by atoms with van der Waals surface area (Å²) >= 11 is 0. The van der Waals surface area contributed by atoms with Gasteiger partial charge in [-0.2, -0.15) is 0 Å². The molecule has 1 N–H and O–H groups in total. The van der Waals surface area contributed by atoms with Gasteiger partial charge >= 0.3 is 0 Å². The Morgan fingerprint density at radius 2 is 1.78 bits per heavy atom. The van der Waals surface area contributed by atoms with Crippen molar-refractivity contribution in [3.8, 4) is 0 Å². The summed E-state index contributed by atoms with van der Waals surface area (Å²) in [6.07, 6.45) is 4.64. The SMILES string of the molecule is CN1CCN(Cc2ccc(Nc3ccnc(C=NCc4ncc(F)c(N5CCOCC5)n4)c3)cc2)CC1. The van der Waals surface area contributed by atoms with Crippen molar-refractivity contribution < 1.29 is 9.13 Å². The maximum Gasteiger partial charge on any atom is 0.183 e. The molecule has 5 rings (SSSR count). The zero-order chi connectivity index (χ0) is 25.5. The van der Waals surface area contributed by atoms with Gasteiger partial charge in [0.2, 0.25) is 0 Å². The van der Waals surface area contributed by atoms with E-state index in [1.807, 2.05) is 17.0 Å². The number of hydrogen-bond acceptors (Lipinski definition) is 9. The number of hydrogen-bond donors (Lipinski definition) is 1. The second kappa shape index (κ2) is 12.2. The fourth-order valence-electron chi connectivity index (χ4n) is 4.41. The molecule has 4 heterocycles. The van der Waals surface area contributed by atoms with E-state index in [0.29, 0.717) is 43.6 Å². The molecule has 0 spiro atoms. The first-order valence-electron chi connectivity index (χ1n) is 12.7. The van der Waals surface area contributed by atoms with E-state index in [4.69, 9.17) is 4.74 Å². The van der Waals surface area contributed by atoms with E-state index < -0.39 is 5.82 Å². The summed E-state index contributed by atoms with van der Waals surface area (Å²) in [6.45, 7) is 8.04. The Hall–Kier alpha value is -3.47. The van der Waals surface area contributed by atoms with E-state index in [9.17, 15) is 4.39 Å². The Bertz CT molecular complexity index is 1190. The fourth-order valence-corrected chi connectivity index (χ4v) is 4.41. The van der Waals surface area contributed by atoms with E-state index in [-0.39, 0.29) is 6.54 Å². The Balaban J connectivity index is 1.16. The summed E-state index contributed by atoms with van der Waals surface area (Å²) in [5.41, 5.74) is 3.98. The Labute approximate surface area is 217 Å². The van der Waals surface area contributed by atoms with Crippen molar-refractivity contribution >= 4 is 23.4 Å². The first-order chi connectivity index (χ1) is 18.1. The van der Waals surface area contributed by atoms with Crippen LogP contribution in [-0.2, 0) is 17.8 Å². The van der Waals surface area contributed by atoms with Crippen LogP contribution in [0.4, 0.5) is 21.6 Å². The fraction of sp³-hybridized carbons (Fsp3) is 0.407. The molecule has 0 amide bonds. The summed E-state index contributed by atoms with van der Waals surface area (Å²) in [7, 11) is 2.18. The van der Waals surface area contributed by atoms with Gasteiger partial charge in [-0.1, -0.05) is 12.1 Å². The molecule has 0 unspecified atom stereocenters. The maximum absolute atomic E-state index is 14.2. The van der Waals surface area contributed by atoms with Gasteiger partial charge < -0.3 is 19.9 Å². The number of nitrogens with one attached hydrogen (secondary N) is 1. The average molecular weight is 505 g/mol. The summed E-state index contributed by atoms with van der Waals surface area (Å²) < 4.78 is 19.6. The maximum atomic E-state index is 14.2. The Kier molecular flexibility index (Phi) is 8.29. The lowest BCUT2D eigenvalue weighted by Crippen LogP contribution is -2.43. The number of rotatable bonds is 8. The van der Waals surface area contributed by atoms with Crippen molar-refractivity contribution in [1.82, 2.24) is 24.8 Å². The van der Waals surface area contributed by atoms with E-state index >= 15 is 0 Å². The number of ether oxygens (including phenoxy) is 1. The number of halogens is 1. The average Bonchev–Trinajstić information content (AvgIpc) is 2.93. The van der Waals surface area contributed by atoms with Crippen LogP contribution in [0.1, 0.15) is 17.1 Å². The number of benzene rings is 1. The number of pyridine rings is 1. The molecule has 10 heteroatoms. The minimum atomic E-state index is -0.428. The van der Waals surface area contributed by atoms with Gasteiger partial charge in [-0.3, -0.25) is 14.9 Å². The number of morpholine rings is 1. The third-order valence-corrected chi connectivity index (χ3v) is 6.57. The van der Waals surface area contributed by atoms with Crippen LogP contribution in [0.25, 0.3) is 0 Å². The number of likely N-dealkylation sites (N-methyl/N-ethyl adjacent to an activating group) is 1. The van der Waals surface area contributed by atoms with Gasteiger partial charge in [0, 0.05) is 69.6 Å². The van der Waals surface area contributed by atoms with E-state index in [2.05, 4.69) is 66.4 Å². The predicted octanol–water partition coefficient (Wildman–Crippen LogP) is 2.96. The summed E-state index contributed by atoms with van der Waals surface area (Å²) in [6, 6.07) is 12.4. The van der Waals surface area contributed by atoms with Gasteiger partial charge in [-0.05, 0) is 36.9 Å². The lowest BCUT2D eigenvalue weighted by atomic mass is 10.1. The summed E-state index contributed by atoms with van der Waals surface area (Å²) in [5.74, 6) is 0.342. The predicted molar refractivity (Wildman–Crippen MR) is 143 cm³/mol. The standard InChI is InChI=1S/C27H33FN8O/c1-34-8-10-35(11-9-34)20-21-2-4-22(5-3-21)32-23-6-7-30-24(16-23)17-29-19-26-31-18-25(28)27(33-26)36-12-14-37-15-13-36/h2-7,16-18H,8-15,19-20H2,1H3,(H,30,32). The van der Waals surface area contributed by atoms with Crippen molar-refractivity contribution in [1.29, 1.82) is 0 Å². The van der Waals surface area contributed by atoms with Crippen LogP contribution in [0.2, 0.25) is 0 Å². The molecule has 2 aromatic heterocycles. The van der Waals surface area contributed by atoms with Crippen molar-refractivity contribution in [3.05, 3.63) is 71.7 Å². The highest BCUT2D eigenvalue weighted by Gasteiger charge is 2.17. The minimum absolute atomic E-state index is 0.242. The normalized spacial score (nSPS) is 17.4. The Morgan fingerprint density at radius 1 is 1.00 bits per heavy atom. The van der Waals surface area contributed by atoms with Crippen molar-refractivity contribution in [2.75, 3.05) is 69.7 Å². The third kappa shape index (κ3) is 7.06. The summed E-state index contributed by atoms with van der Waals surface area (Å²) in [4.78, 5) is 24.0. The van der Waals surface area contributed by atoms with Crippen LogP contribution >= 0.6 is 0 Å². The third-order valence-electron chi connectivity index (χ3n) is 6.57. The molecule has 37 heavy (non-hydrogen) atoms. The van der Waals surface area contributed by atoms with Crippen molar-refractivity contribution in [2.24, 2.45) is 4.99 Å². The molecule has 194 valence electrons. The van der Waals surface area contributed by atoms with Crippen LogP contribution < -0.4 is 10.2 Å². The molecule has 0 aliphatic carbocycles. The number of nitrogens with zero attached hydrogens (tertiary/aromatic N) is 7. The first-order valence-corrected chi connectivity index (χ1v) is 12.7. The first kappa shape index (κ1) is 25.2. The van der Waals surface area contributed by atoms with Gasteiger partial charge in [0.05, 0.1) is 31.6 Å². The van der Waals surface area contributed by atoms with Crippen LogP contribution in [-0.4, -0.2) is 90.5 Å². The zero-order valence-corrected chi connectivity index (χ0v) is 21.2. The van der Waals surface area contributed by atoms with E-state index in [0.717, 1.165) is 44.1 Å². The molecular formula is C27H33FN8O. The lowest BCUT2D eigenvalue weighted by Gasteiger charge is -2.32. The molecule has 9 nitrogen and oxygen atoms in total. The second-order valence-corrected chi connectivity index (χ2v) is 9.40. The van der Waals surface area contributed by atoms with E-state index in [1.54, 1.807) is 12.4 Å². The molecule has 2 aliphatic heterocycles. The van der Waals surface area contributed by atoms with Gasteiger partial charge in [0.15, 0.2) is 17.5 Å². The topological polar surface area (TPSA) is 82.0 Å². The molecule has 0 radical (unpaired) electrons. The van der Waals surface area contributed by atoms with Crippen LogP contribution in [0.5, 0.6) is 0 Å². The van der Waals surface area contributed by atoms with Gasteiger partial charge in [-0.25, -0.2) is 14.4 Å². The van der Waals surface area contributed by atoms with Crippen LogP contribution in [0.3, 0.4) is 0 Å². The second-order valence-electron chi connectivity index (χ2n) is 9.40. The summed E-state index contributed by atoms with van der Waals surface area (Å²) in [5, 5.41) is 3.44. The lowest BCUT2D eigenvalue weighted by molar-refractivity contribution is 0.122. The molecular weight excluding hydrogens is 471 g/mol. The quantitative estimate of drug-likeness (QED) is 0.469. The smallest absolute Gasteiger partial charge is 0.183 e. The van der Waals surface area contributed by atoms with Crippen LogP contribution in [0.15, 0.2) is 53.8 Å². The largest absolute Gasteiger partial charge is 0.378 e. The molecule has 0 bridgehead atoms. The highest BCUT2D eigenvalue weighted by molar-refractivity contribution is 5.79. The van der Waals surface area contributed by atoms with Gasteiger partial charge in [-0.15, -0.1) is 0 Å². The number of aliphatic imine (C=N–C) groups is 1. The Morgan fingerprint density at radius 3 is 2.57 bits per heavy atom. The molecule has 2 fully saturated rings. The van der Waals surface area contributed by atoms with E-state index in [1.165, 1.54) is 11.8 Å². The molecule has 0 saturated carbocycles.